The molecule has 2 aromatic carbocycles. The zero-order valence-electron chi connectivity index (χ0n) is 13.8. The number of amides is 1. The monoisotopic (exact) mass is 403 g/mol. The lowest BCUT2D eigenvalue weighted by atomic mass is 10.0. The summed E-state index contributed by atoms with van der Waals surface area (Å²) >= 11 is 3.34. The summed E-state index contributed by atoms with van der Waals surface area (Å²) in [5, 5.41) is 2.69. The Morgan fingerprint density at radius 3 is 2.52 bits per heavy atom. The van der Waals surface area contributed by atoms with Gasteiger partial charge in [0.2, 0.25) is 5.91 Å². The number of anilines is 1. The van der Waals surface area contributed by atoms with Crippen molar-refractivity contribution in [2.45, 2.75) is 19.8 Å². The standard InChI is InChI=1S/C19H18BrNO4/c1-2-25-18(23)11-10-17(22)21-16-9-4-3-8-15(16)19(24)13-6-5-7-14(20)12-13/h3-9,12H,2,10-11H2,1H3,(H,21,22). The molecule has 25 heavy (non-hydrogen) atoms. The summed E-state index contributed by atoms with van der Waals surface area (Å²) in [5.41, 5.74) is 1.33. The quantitative estimate of drug-likeness (QED) is 0.560. The second-order valence-electron chi connectivity index (χ2n) is 5.24. The molecule has 0 aromatic heterocycles. The van der Waals surface area contributed by atoms with Crippen LogP contribution < -0.4 is 5.32 Å². The highest BCUT2D eigenvalue weighted by atomic mass is 79.9. The van der Waals surface area contributed by atoms with Crippen molar-refractivity contribution in [2.24, 2.45) is 0 Å². The molecule has 0 saturated heterocycles. The molecule has 0 saturated carbocycles. The van der Waals surface area contributed by atoms with Gasteiger partial charge in [-0.25, -0.2) is 0 Å². The Kier molecular flexibility index (Phi) is 6.89. The molecule has 130 valence electrons. The molecule has 0 heterocycles. The van der Waals surface area contributed by atoms with Gasteiger partial charge in [0.05, 0.1) is 18.7 Å². The van der Waals surface area contributed by atoms with Gasteiger partial charge < -0.3 is 10.1 Å². The molecular weight excluding hydrogens is 386 g/mol. The maximum atomic E-state index is 12.7. The molecule has 0 spiro atoms. The van der Waals surface area contributed by atoms with Crippen LogP contribution in [0.5, 0.6) is 0 Å². The number of para-hydroxylation sites is 1. The molecule has 0 radical (unpaired) electrons. The number of benzene rings is 2. The molecule has 0 unspecified atom stereocenters. The van der Waals surface area contributed by atoms with Crippen LogP contribution in [-0.4, -0.2) is 24.3 Å². The summed E-state index contributed by atoms with van der Waals surface area (Å²) in [4.78, 5) is 36.1. The second-order valence-corrected chi connectivity index (χ2v) is 6.15. The van der Waals surface area contributed by atoms with Crippen LogP contribution in [-0.2, 0) is 14.3 Å². The molecule has 6 heteroatoms. The van der Waals surface area contributed by atoms with Gasteiger partial charge in [0, 0.05) is 22.0 Å². The van der Waals surface area contributed by atoms with Crippen molar-refractivity contribution in [1.29, 1.82) is 0 Å². The molecule has 0 bridgehead atoms. The van der Waals surface area contributed by atoms with E-state index in [-0.39, 0.29) is 31.1 Å². The van der Waals surface area contributed by atoms with Crippen LogP contribution in [0, 0.1) is 0 Å². The molecular formula is C19H18BrNO4. The third kappa shape index (κ3) is 5.53. The van der Waals surface area contributed by atoms with Gasteiger partial charge in [-0.1, -0.05) is 40.2 Å². The van der Waals surface area contributed by atoms with E-state index in [0.717, 1.165) is 4.47 Å². The second kappa shape index (κ2) is 9.13. The number of rotatable bonds is 7. The van der Waals surface area contributed by atoms with E-state index >= 15 is 0 Å². The van der Waals surface area contributed by atoms with Crippen LogP contribution in [0.1, 0.15) is 35.7 Å². The Hall–Kier alpha value is -2.47. The molecule has 1 N–H and O–H groups in total. The zero-order chi connectivity index (χ0) is 18.2. The van der Waals surface area contributed by atoms with Gasteiger partial charge in [0.25, 0.3) is 0 Å². The van der Waals surface area contributed by atoms with Crippen molar-refractivity contribution < 1.29 is 19.1 Å². The largest absolute Gasteiger partial charge is 0.466 e. The zero-order valence-corrected chi connectivity index (χ0v) is 15.3. The van der Waals surface area contributed by atoms with Gasteiger partial charge in [-0.15, -0.1) is 0 Å². The third-order valence-corrected chi connectivity index (χ3v) is 3.89. The Morgan fingerprint density at radius 1 is 1.04 bits per heavy atom. The number of nitrogens with one attached hydrogen (secondary N) is 1. The van der Waals surface area contributed by atoms with Crippen molar-refractivity contribution in [3.05, 3.63) is 64.1 Å². The number of ether oxygens (including phenoxy) is 1. The fraction of sp³-hybridized carbons (Fsp3) is 0.211. The van der Waals surface area contributed by atoms with E-state index in [4.69, 9.17) is 4.74 Å². The predicted octanol–water partition coefficient (Wildman–Crippen LogP) is 3.96. The Labute approximate surface area is 154 Å². The normalized spacial score (nSPS) is 10.2. The van der Waals surface area contributed by atoms with E-state index in [2.05, 4.69) is 21.2 Å². The maximum absolute atomic E-state index is 12.7. The van der Waals surface area contributed by atoms with Gasteiger partial charge in [0.15, 0.2) is 5.78 Å². The van der Waals surface area contributed by atoms with Crippen LogP contribution in [0.3, 0.4) is 0 Å². The summed E-state index contributed by atoms with van der Waals surface area (Å²) in [7, 11) is 0. The van der Waals surface area contributed by atoms with Crippen molar-refractivity contribution >= 4 is 39.3 Å². The lowest BCUT2D eigenvalue weighted by Gasteiger charge is -2.10. The molecule has 0 aliphatic rings. The summed E-state index contributed by atoms with van der Waals surface area (Å²) in [6.45, 7) is 1.99. The van der Waals surface area contributed by atoms with Crippen LogP contribution in [0.15, 0.2) is 53.0 Å². The van der Waals surface area contributed by atoms with Crippen LogP contribution in [0.2, 0.25) is 0 Å². The van der Waals surface area contributed by atoms with E-state index in [1.54, 1.807) is 49.4 Å². The minimum absolute atomic E-state index is 0.00141. The van der Waals surface area contributed by atoms with Gasteiger partial charge in [-0.3, -0.25) is 14.4 Å². The van der Waals surface area contributed by atoms with E-state index in [9.17, 15) is 14.4 Å². The van der Waals surface area contributed by atoms with E-state index < -0.39 is 5.97 Å². The summed E-state index contributed by atoms with van der Waals surface area (Å²) < 4.78 is 5.60. The minimum atomic E-state index is -0.420. The molecule has 2 rings (SSSR count). The highest BCUT2D eigenvalue weighted by molar-refractivity contribution is 9.10. The Bertz CT molecular complexity index is 788. The SMILES string of the molecule is CCOC(=O)CCC(=O)Nc1ccccc1C(=O)c1cccc(Br)c1. The minimum Gasteiger partial charge on any atom is -0.466 e. The lowest BCUT2D eigenvalue weighted by Crippen LogP contribution is -2.16. The fourth-order valence-corrected chi connectivity index (χ4v) is 2.64. The van der Waals surface area contributed by atoms with E-state index in [1.165, 1.54) is 0 Å². The van der Waals surface area contributed by atoms with Crippen molar-refractivity contribution in [3.8, 4) is 0 Å². The number of carbonyl (C=O) groups excluding carboxylic acids is 3. The van der Waals surface area contributed by atoms with Crippen molar-refractivity contribution in [2.75, 3.05) is 11.9 Å². The highest BCUT2D eigenvalue weighted by Crippen LogP contribution is 2.21. The molecule has 0 fully saturated rings. The van der Waals surface area contributed by atoms with Crippen molar-refractivity contribution in [1.82, 2.24) is 0 Å². The van der Waals surface area contributed by atoms with Crippen LogP contribution >= 0.6 is 15.9 Å². The number of halogens is 1. The molecule has 1 amide bonds. The molecule has 0 aliphatic heterocycles. The number of hydrogen-bond donors (Lipinski definition) is 1. The number of ketones is 1. The smallest absolute Gasteiger partial charge is 0.306 e. The first-order valence-electron chi connectivity index (χ1n) is 7.86. The van der Waals surface area contributed by atoms with Crippen LogP contribution in [0.4, 0.5) is 5.69 Å². The fourth-order valence-electron chi connectivity index (χ4n) is 2.24. The topological polar surface area (TPSA) is 72.5 Å². The molecule has 0 atom stereocenters. The summed E-state index contributed by atoms with van der Waals surface area (Å²) in [6, 6.07) is 13.8. The number of esters is 1. The molecule has 2 aromatic rings. The third-order valence-electron chi connectivity index (χ3n) is 3.39. The highest BCUT2D eigenvalue weighted by Gasteiger charge is 2.16. The lowest BCUT2D eigenvalue weighted by molar-refractivity contribution is -0.144. The summed E-state index contributed by atoms with van der Waals surface area (Å²) in [6.07, 6.45) is -0.000335. The first-order valence-corrected chi connectivity index (χ1v) is 8.65. The van der Waals surface area contributed by atoms with Gasteiger partial charge in [0.1, 0.15) is 0 Å². The average molecular weight is 404 g/mol. The van der Waals surface area contributed by atoms with Gasteiger partial charge >= 0.3 is 5.97 Å². The number of carbonyl (C=O) groups is 3. The van der Waals surface area contributed by atoms with Gasteiger partial charge in [-0.05, 0) is 31.2 Å². The van der Waals surface area contributed by atoms with Crippen LogP contribution in [0.25, 0.3) is 0 Å². The molecule has 5 nitrogen and oxygen atoms in total. The maximum Gasteiger partial charge on any atom is 0.306 e. The summed E-state index contributed by atoms with van der Waals surface area (Å²) in [5.74, 6) is -0.957. The predicted molar refractivity (Wildman–Crippen MR) is 98.5 cm³/mol. The van der Waals surface area contributed by atoms with Gasteiger partial charge in [-0.2, -0.15) is 0 Å². The van der Waals surface area contributed by atoms with E-state index in [1.807, 2.05) is 6.07 Å². The first-order chi connectivity index (χ1) is 12.0. The van der Waals surface area contributed by atoms with Crippen molar-refractivity contribution in [3.63, 3.8) is 0 Å². The van der Waals surface area contributed by atoms with E-state index in [0.29, 0.717) is 16.8 Å². The molecule has 0 aliphatic carbocycles. The Balaban J connectivity index is 2.11. The Morgan fingerprint density at radius 2 is 1.80 bits per heavy atom. The average Bonchev–Trinajstić information content (AvgIpc) is 2.60. The number of hydrogen-bond acceptors (Lipinski definition) is 4. The first kappa shape index (κ1) is 18.9.